The van der Waals surface area contributed by atoms with E-state index in [1.807, 2.05) is 24.3 Å². The number of fused-ring (bicyclic) bond motifs is 2. The zero-order valence-corrected chi connectivity index (χ0v) is 15.9. The first-order valence-corrected chi connectivity index (χ1v) is 9.65. The quantitative estimate of drug-likeness (QED) is 0.502. The molecule has 2 aromatic carbocycles. The molecule has 5 rings (SSSR count). The van der Waals surface area contributed by atoms with Crippen LogP contribution in [0.3, 0.4) is 0 Å². The van der Waals surface area contributed by atoms with Gasteiger partial charge in [0.1, 0.15) is 5.82 Å². The van der Waals surface area contributed by atoms with Crippen LogP contribution in [0.5, 0.6) is 11.5 Å². The van der Waals surface area contributed by atoms with Gasteiger partial charge in [-0.05, 0) is 35.9 Å². The lowest BCUT2D eigenvalue weighted by Crippen LogP contribution is -2.30. The molecule has 0 unspecified atom stereocenters. The molecule has 8 heteroatoms. The molecular weight excluding hydrogens is 393 g/mol. The van der Waals surface area contributed by atoms with Gasteiger partial charge in [-0.15, -0.1) is 0 Å². The molecular formula is C21H14FN3O3S. The molecule has 0 atom stereocenters. The molecule has 0 N–H and O–H groups in total. The van der Waals surface area contributed by atoms with Crippen LogP contribution >= 0.6 is 11.3 Å². The highest BCUT2D eigenvalue weighted by Gasteiger charge is 2.23. The Labute approximate surface area is 169 Å². The van der Waals surface area contributed by atoms with Crippen molar-refractivity contribution in [1.29, 1.82) is 0 Å². The molecule has 144 valence electrons. The first-order chi connectivity index (χ1) is 14.2. The Morgan fingerprint density at radius 2 is 1.93 bits per heavy atom. The molecule has 0 saturated heterocycles. The number of rotatable bonds is 4. The van der Waals surface area contributed by atoms with Gasteiger partial charge >= 0.3 is 0 Å². The minimum absolute atomic E-state index is 0.190. The third-order valence-corrected chi connectivity index (χ3v) is 5.54. The Kier molecular flexibility index (Phi) is 4.33. The largest absolute Gasteiger partial charge is 0.454 e. The van der Waals surface area contributed by atoms with E-state index in [0.717, 1.165) is 15.8 Å². The molecule has 2 aromatic heterocycles. The highest BCUT2D eigenvalue weighted by atomic mass is 32.1. The van der Waals surface area contributed by atoms with Crippen LogP contribution in [0, 0.1) is 5.82 Å². The predicted molar refractivity (Wildman–Crippen MR) is 107 cm³/mol. The lowest BCUT2D eigenvalue weighted by molar-refractivity contribution is 0.0985. The first kappa shape index (κ1) is 17.6. The summed E-state index contributed by atoms with van der Waals surface area (Å²) in [6.07, 6.45) is 3.38. The molecule has 3 heterocycles. The number of carbonyl (C=O) groups excluding carboxylic acids is 1. The molecule has 0 saturated carbocycles. The van der Waals surface area contributed by atoms with Crippen molar-refractivity contribution in [3.05, 3.63) is 77.9 Å². The van der Waals surface area contributed by atoms with Gasteiger partial charge in [-0.25, -0.2) is 9.37 Å². The second-order valence-electron chi connectivity index (χ2n) is 6.43. The third-order valence-electron chi connectivity index (χ3n) is 4.50. The smallest absolute Gasteiger partial charge is 0.260 e. The van der Waals surface area contributed by atoms with E-state index in [1.54, 1.807) is 17.3 Å². The molecule has 0 bridgehead atoms. The number of hydrogen-bond acceptors (Lipinski definition) is 6. The number of halogens is 1. The molecule has 29 heavy (non-hydrogen) atoms. The standard InChI is InChI=1S/C21H14FN3O3S/c22-15-5-3-14(4-6-15)20(26)25(11-13-2-1-7-23-10-13)21-24-16-8-17-18(28-12-27-17)9-19(16)29-21/h1-10H,11-12H2. The van der Waals surface area contributed by atoms with Gasteiger partial charge in [-0.2, -0.15) is 0 Å². The fourth-order valence-electron chi connectivity index (χ4n) is 3.07. The topological polar surface area (TPSA) is 64.6 Å². The molecule has 0 radical (unpaired) electrons. The van der Waals surface area contributed by atoms with Crippen LogP contribution in [-0.2, 0) is 6.54 Å². The van der Waals surface area contributed by atoms with Crippen LogP contribution in [-0.4, -0.2) is 22.7 Å². The zero-order valence-electron chi connectivity index (χ0n) is 15.0. The summed E-state index contributed by atoms with van der Waals surface area (Å²) in [4.78, 5) is 23.6. The normalized spacial score (nSPS) is 12.3. The van der Waals surface area contributed by atoms with Gasteiger partial charge < -0.3 is 9.47 Å². The van der Waals surface area contributed by atoms with Crippen molar-refractivity contribution in [1.82, 2.24) is 9.97 Å². The lowest BCUT2D eigenvalue weighted by Gasteiger charge is -2.20. The second-order valence-corrected chi connectivity index (χ2v) is 7.44. The van der Waals surface area contributed by atoms with Crippen molar-refractivity contribution >= 4 is 32.6 Å². The maximum absolute atomic E-state index is 13.3. The van der Waals surface area contributed by atoms with Crippen LogP contribution < -0.4 is 14.4 Å². The van der Waals surface area contributed by atoms with Gasteiger partial charge in [0.25, 0.3) is 5.91 Å². The fraction of sp³-hybridized carbons (Fsp3) is 0.0952. The number of aromatic nitrogens is 2. The maximum atomic E-state index is 13.3. The van der Waals surface area contributed by atoms with Gasteiger partial charge in [0.2, 0.25) is 6.79 Å². The van der Waals surface area contributed by atoms with Crippen molar-refractivity contribution < 1.29 is 18.7 Å². The Hall–Kier alpha value is -3.52. The average Bonchev–Trinajstić information content (AvgIpc) is 3.36. The van der Waals surface area contributed by atoms with E-state index in [1.165, 1.54) is 35.6 Å². The first-order valence-electron chi connectivity index (χ1n) is 8.84. The van der Waals surface area contributed by atoms with E-state index in [9.17, 15) is 9.18 Å². The summed E-state index contributed by atoms with van der Waals surface area (Å²) >= 11 is 1.38. The number of nitrogens with zero attached hydrogens (tertiary/aromatic N) is 3. The van der Waals surface area contributed by atoms with Gasteiger partial charge in [0, 0.05) is 30.1 Å². The number of amides is 1. The van der Waals surface area contributed by atoms with Crippen LogP contribution in [0.2, 0.25) is 0 Å². The number of thiazole rings is 1. The molecule has 4 aromatic rings. The Balaban J connectivity index is 1.56. The molecule has 0 spiro atoms. The molecule has 0 fully saturated rings. The molecule has 6 nitrogen and oxygen atoms in total. The van der Waals surface area contributed by atoms with E-state index in [-0.39, 0.29) is 19.2 Å². The van der Waals surface area contributed by atoms with E-state index < -0.39 is 5.82 Å². The van der Waals surface area contributed by atoms with Crippen LogP contribution in [0.25, 0.3) is 10.2 Å². The summed E-state index contributed by atoms with van der Waals surface area (Å²) in [6.45, 7) is 0.478. The summed E-state index contributed by atoms with van der Waals surface area (Å²) in [5.41, 5.74) is 1.96. The third kappa shape index (κ3) is 3.38. The SMILES string of the molecule is O=C(c1ccc(F)cc1)N(Cc1cccnc1)c1nc2cc3c(cc2s1)OCO3. The average molecular weight is 407 g/mol. The predicted octanol–water partition coefficient (Wildman–Crippen LogP) is 4.41. The van der Waals surface area contributed by atoms with E-state index in [4.69, 9.17) is 9.47 Å². The summed E-state index contributed by atoms with van der Waals surface area (Å²) in [6, 6.07) is 12.9. The number of carbonyl (C=O) groups is 1. The summed E-state index contributed by atoms with van der Waals surface area (Å²) in [5.74, 6) is 0.636. The van der Waals surface area contributed by atoms with Gasteiger partial charge in [-0.3, -0.25) is 14.7 Å². The van der Waals surface area contributed by atoms with Crippen molar-refractivity contribution in [2.45, 2.75) is 6.54 Å². The highest BCUT2D eigenvalue weighted by Crippen LogP contribution is 2.40. The molecule has 0 aliphatic carbocycles. The number of benzene rings is 2. The second kappa shape index (κ2) is 7.14. The molecule has 1 aliphatic heterocycles. The highest BCUT2D eigenvalue weighted by molar-refractivity contribution is 7.22. The Morgan fingerprint density at radius 1 is 1.14 bits per heavy atom. The number of hydrogen-bond donors (Lipinski definition) is 0. The van der Waals surface area contributed by atoms with Crippen molar-refractivity contribution in [2.75, 3.05) is 11.7 Å². The zero-order chi connectivity index (χ0) is 19.8. The Bertz CT molecular complexity index is 1150. The van der Waals surface area contributed by atoms with E-state index >= 15 is 0 Å². The minimum atomic E-state index is -0.394. The van der Waals surface area contributed by atoms with Crippen molar-refractivity contribution in [3.63, 3.8) is 0 Å². The van der Waals surface area contributed by atoms with E-state index in [0.29, 0.717) is 22.2 Å². The summed E-state index contributed by atoms with van der Waals surface area (Å²) < 4.78 is 25.0. The van der Waals surface area contributed by atoms with Crippen LogP contribution in [0.1, 0.15) is 15.9 Å². The number of pyridine rings is 1. The summed E-state index contributed by atoms with van der Waals surface area (Å²) in [5, 5.41) is 0.529. The van der Waals surface area contributed by atoms with Gasteiger partial charge in [0.15, 0.2) is 16.6 Å². The molecule has 1 amide bonds. The number of anilines is 1. The lowest BCUT2D eigenvalue weighted by atomic mass is 10.2. The fourth-order valence-corrected chi connectivity index (χ4v) is 4.04. The monoisotopic (exact) mass is 407 g/mol. The van der Waals surface area contributed by atoms with Gasteiger partial charge in [0.05, 0.1) is 16.8 Å². The molecule has 1 aliphatic rings. The summed E-state index contributed by atoms with van der Waals surface area (Å²) in [7, 11) is 0. The van der Waals surface area contributed by atoms with Crippen molar-refractivity contribution in [3.8, 4) is 11.5 Å². The Morgan fingerprint density at radius 3 is 2.69 bits per heavy atom. The van der Waals surface area contributed by atoms with Crippen LogP contribution in [0.4, 0.5) is 9.52 Å². The van der Waals surface area contributed by atoms with E-state index in [2.05, 4.69) is 9.97 Å². The maximum Gasteiger partial charge on any atom is 0.260 e. The van der Waals surface area contributed by atoms with Gasteiger partial charge in [-0.1, -0.05) is 17.4 Å². The minimum Gasteiger partial charge on any atom is -0.454 e. The van der Waals surface area contributed by atoms with Crippen LogP contribution in [0.15, 0.2) is 60.9 Å². The van der Waals surface area contributed by atoms with Crippen molar-refractivity contribution in [2.24, 2.45) is 0 Å². The number of ether oxygens (including phenoxy) is 2.